The van der Waals surface area contributed by atoms with E-state index in [1.54, 1.807) is 30.4 Å². The molecular weight excluding hydrogens is 310 g/mol. The highest BCUT2D eigenvalue weighted by Crippen LogP contribution is 2.14. The van der Waals surface area contributed by atoms with Crippen LogP contribution in [0.4, 0.5) is 5.69 Å². The van der Waals surface area contributed by atoms with Crippen LogP contribution in [0, 0.1) is 0 Å². The zero-order chi connectivity index (χ0) is 15.9. The smallest absolute Gasteiger partial charge is 0.234 e. The van der Waals surface area contributed by atoms with Crippen LogP contribution in [0.15, 0.2) is 61.2 Å². The van der Waals surface area contributed by atoms with Gasteiger partial charge in [-0.2, -0.15) is 15.0 Å². The van der Waals surface area contributed by atoms with Crippen molar-refractivity contribution >= 4 is 23.4 Å². The maximum absolute atomic E-state index is 11.9. The van der Waals surface area contributed by atoms with E-state index in [9.17, 15) is 4.79 Å². The summed E-state index contributed by atoms with van der Waals surface area (Å²) in [5, 5.41) is 11.0. The molecule has 6 nitrogen and oxygen atoms in total. The first-order chi connectivity index (χ1) is 11.3. The van der Waals surface area contributed by atoms with Crippen LogP contribution in [-0.2, 0) is 10.5 Å². The Labute approximate surface area is 137 Å². The number of carbonyl (C=O) groups excluding carboxylic acids is 1. The van der Waals surface area contributed by atoms with Gasteiger partial charge in [-0.3, -0.25) is 9.78 Å². The molecular formula is C16H15N5OS. The number of nitrogens with zero attached hydrogens (tertiary/aromatic N) is 4. The van der Waals surface area contributed by atoms with Crippen molar-refractivity contribution in [2.24, 2.45) is 0 Å². The van der Waals surface area contributed by atoms with Crippen molar-refractivity contribution in [3.8, 4) is 5.69 Å². The summed E-state index contributed by atoms with van der Waals surface area (Å²) in [6.07, 6.45) is 6.79. The van der Waals surface area contributed by atoms with Crippen molar-refractivity contribution in [1.29, 1.82) is 0 Å². The van der Waals surface area contributed by atoms with E-state index < -0.39 is 0 Å². The van der Waals surface area contributed by atoms with Crippen LogP contribution in [-0.4, -0.2) is 31.6 Å². The third-order valence-corrected chi connectivity index (χ3v) is 4.03. The molecule has 116 valence electrons. The molecule has 0 aliphatic rings. The SMILES string of the molecule is O=C(CSCc1cccnc1)Nc1ccc(-n2nccn2)cc1. The Morgan fingerprint density at radius 1 is 1.09 bits per heavy atom. The standard InChI is InChI=1S/C16H15N5OS/c22-16(12-23-11-13-2-1-7-17-10-13)20-14-3-5-15(6-4-14)21-18-8-9-19-21/h1-10H,11-12H2,(H,20,22). The molecule has 0 aliphatic heterocycles. The topological polar surface area (TPSA) is 72.7 Å². The van der Waals surface area contributed by atoms with Crippen LogP contribution >= 0.6 is 11.8 Å². The lowest BCUT2D eigenvalue weighted by Gasteiger charge is -2.06. The van der Waals surface area contributed by atoms with Crippen LogP contribution in [0.3, 0.4) is 0 Å². The minimum atomic E-state index is -0.0242. The van der Waals surface area contributed by atoms with Gasteiger partial charge in [0.1, 0.15) is 0 Å². The molecule has 2 aromatic heterocycles. The number of nitrogens with one attached hydrogen (secondary N) is 1. The van der Waals surface area contributed by atoms with Crippen molar-refractivity contribution in [2.75, 3.05) is 11.1 Å². The van der Waals surface area contributed by atoms with E-state index >= 15 is 0 Å². The second kappa shape index (κ2) is 7.55. The van der Waals surface area contributed by atoms with Crippen molar-refractivity contribution in [1.82, 2.24) is 20.0 Å². The molecule has 0 aliphatic carbocycles. The summed E-state index contributed by atoms with van der Waals surface area (Å²) in [4.78, 5) is 17.5. The predicted molar refractivity (Wildman–Crippen MR) is 90.4 cm³/mol. The summed E-state index contributed by atoms with van der Waals surface area (Å²) in [6.45, 7) is 0. The lowest BCUT2D eigenvalue weighted by atomic mass is 10.3. The van der Waals surface area contributed by atoms with Gasteiger partial charge in [-0.15, -0.1) is 11.8 Å². The first kappa shape index (κ1) is 15.2. The van der Waals surface area contributed by atoms with Gasteiger partial charge in [0, 0.05) is 23.8 Å². The van der Waals surface area contributed by atoms with Crippen LogP contribution in [0.2, 0.25) is 0 Å². The minimum absolute atomic E-state index is 0.0242. The van der Waals surface area contributed by atoms with Crippen LogP contribution in [0.1, 0.15) is 5.56 Å². The molecule has 23 heavy (non-hydrogen) atoms. The molecule has 1 aromatic carbocycles. The predicted octanol–water partition coefficient (Wildman–Crippen LogP) is 2.53. The molecule has 0 bridgehead atoms. The molecule has 0 unspecified atom stereocenters. The van der Waals surface area contributed by atoms with Crippen molar-refractivity contribution < 1.29 is 4.79 Å². The fourth-order valence-corrected chi connectivity index (χ4v) is 2.74. The lowest BCUT2D eigenvalue weighted by molar-refractivity contribution is -0.113. The van der Waals surface area contributed by atoms with E-state index in [1.807, 2.05) is 42.6 Å². The third kappa shape index (κ3) is 4.40. The molecule has 7 heteroatoms. The van der Waals surface area contributed by atoms with Crippen LogP contribution in [0.5, 0.6) is 0 Å². The highest BCUT2D eigenvalue weighted by molar-refractivity contribution is 7.99. The van der Waals surface area contributed by atoms with Gasteiger partial charge in [0.2, 0.25) is 5.91 Å². The Morgan fingerprint density at radius 2 is 1.87 bits per heavy atom. The number of amides is 1. The van der Waals surface area contributed by atoms with E-state index in [1.165, 1.54) is 4.80 Å². The average Bonchev–Trinajstić information content (AvgIpc) is 3.11. The molecule has 0 saturated heterocycles. The van der Waals surface area contributed by atoms with Crippen molar-refractivity contribution in [2.45, 2.75) is 5.75 Å². The van der Waals surface area contributed by atoms with Gasteiger partial charge in [0.05, 0.1) is 23.8 Å². The molecule has 1 N–H and O–H groups in total. The maximum Gasteiger partial charge on any atom is 0.234 e. The van der Waals surface area contributed by atoms with Crippen LogP contribution in [0.25, 0.3) is 5.69 Å². The number of benzene rings is 1. The molecule has 3 rings (SSSR count). The lowest BCUT2D eigenvalue weighted by Crippen LogP contribution is -2.14. The van der Waals surface area contributed by atoms with E-state index in [2.05, 4.69) is 20.5 Å². The Hall–Kier alpha value is -2.67. The molecule has 0 fully saturated rings. The first-order valence-electron chi connectivity index (χ1n) is 7.04. The molecule has 0 radical (unpaired) electrons. The number of hydrogen-bond acceptors (Lipinski definition) is 5. The van der Waals surface area contributed by atoms with Gasteiger partial charge in [0.15, 0.2) is 0 Å². The first-order valence-corrected chi connectivity index (χ1v) is 8.20. The van der Waals surface area contributed by atoms with E-state index in [-0.39, 0.29) is 5.91 Å². The summed E-state index contributed by atoms with van der Waals surface area (Å²) in [5.41, 5.74) is 2.72. The zero-order valence-corrected chi connectivity index (χ0v) is 13.1. The number of aromatic nitrogens is 4. The van der Waals surface area contributed by atoms with Gasteiger partial charge in [-0.05, 0) is 35.9 Å². The Morgan fingerprint density at radius 3 is 2.57 bits per heavy atom. The van der Waals surface area contributed by atoms with Crippen LogP contribution < -0.4 is 5.32 Å². The number of pyridine rings is 1. The van der Waals surface area contributed by atoms with E-state index in [4.69, 9.17) is 0 Å². The minimum Gasteiger partial charge on any atom is -0.325 e. The molecule has 1 amide bonds. The highest BCUT2D eigenvalue weighted by atomic mass is 32.2. The normalized spacial score (nSPS) is 10.4. The molecule has 0 atom stereocenters. The Kier molecular flexibility index (Phi) is 5.00. The zero-order valence-electron chi connectivity index (χ0n) is 12.3. The van der Waals surface area contributed by atoms with Crippen molar-refractivity contribution in [3.63, 3.8) is 0 Å². The van der Waals surface area contributed by atoms with E-state index in [0.29, 0.717) is 5.75 Å². The Bertz CT molecular complexity index is 744. The van der Waals surface area contributed by atoms with Gasteiger partial charge < -0.3 is 5.32 Å². The summed E-state index contributed by atoms with van der Waals surface area (Å²) in [7, 11) is 0. The summed E-state index contributed by atoms with van der Waals surface area (Å²) < 4.78 is 0. The number of anilines is 1. The van der Waals surface area contributed by atoms with E-state index in [0.717, 1.165) is 22.7 Å². The number of carbonyl (C=O) groups is 1. The monoisotopic (exact) mass is 325 g/mol. The molecule has 0 spiro atoms. The quantitative estimate of drug-likeness (QED) is 0.754. The number of hydrogen-bond donors (Lipinski definition) is 1. The highest BCUT2D eigenvalue weighted by Gasteiger charge is 2.04. The number of thioether (sulfide) groups is 1. The maximum atomic E-state index is 11.9. The van der Waals surface area contributed by atoms with Gasteiger partial charge in [-0.25, -0.2) is 0 Å². The Balaban J connectivity index is 1.48. The molecule has 2 heterocycles. The fraction of sp³-hybridized carbons (Fsp3) is 0.125. The summed E-state index contributed by atoms with van der Waals surface area (Å²) in [6, 6.07) is 11.3. The molecule has 0 saturated carbocycles. The van der Waals surface area contributed by atoms with Gasteiger partial charge in [-0.1, -0.05) is 6.07 Å². The van der Waals surface area contributed by atoms with Gasteiger partial charge in [0.25, 0.3) is 0 Å². The largest absolute Gasteiger partial charge is 0.325 e. The second-order valence-corrected chi connectivity index (χ2v) is 5.75. The van der Waals surface area contributed by atoms with Gasteiger partial charge >= 0.3 is 0 Å². The summed E-state index contributed by atoms with van der Waals surface area (Å²) in [5.74, 6) is 1.14. The number of rotatable bonds is 6. The third-order valence-electron chi connectivity index (χ3n) is 3.03. The average molecular weight is 325 g/mol. The second-order valence-electron chi connectivity index (χ2n) is 4.77. The fourth-order valence-electron chi connectivity index (χ4n) is 1.97. The summed E-state index contributed by atoms with van der Waals surface area (Å²) >= 11 is 1.56. The van der Waals surface area contributed by atoms with Crippen molar-refractivity contribution in [3.05, 3.63) is 66.7 Å². The molecule has 3 aromatic rings.